The summed E-state index contributed by atoms with van der Waals surface area (Å²) >= 11 is 0. The molecule has 0 unspecified atom stereocenters. The van der Waals surface area contributed by atoms with Crippen LogP contribution in [0.25, 0.3) is 6.08 Å². The van der Waals surface area contributed by atoms with Gasteiger partial charge in [-0.1, -0.05) is 60.7 Å². The molecule has 0 aliphatic carbocycles. The number of nitrogens with one attached hydrogen (secondary N) is 1. The number of ether oxygens (including phenoxy) is 1. The average molecular weight is 463 g/mol. The molecule has 0 aromatic heterocycles. The number of carbonyl (C=O) groups is 1. The summed E-state index contributed by atoms with van der Waals surface area (Å²) in [7, 11) is -3.20. The van der Waals surface area contributed by atoms with Crippen LogP contribution < -0.4 is 14.4 Å². The number of hydrogen-bond donors (Lipinski definition) is 1. The topological polar surface area (TPSA) is 75.7 Å². The van der Waals surface area contributed by atoms with Crippen molar-refractivity contribution in [3.05, 3.63) is 102 Å². The maximum absolute atomic E-state index is 12.3. The normalized spacial score (nSPS) is 15.0. The summed E-state index contributed by atoms with van der Waals surface area (Å²) in [5, 5.41) is 2.88. The number of rotatable bonds is 8. The molecule has 1 aliphatic heterocycles. The Morgan fingerprint density at radius 3 is 2.42 bits per heavy atom. The third-order valence-corrected chi connectivity index (χ3v) is 7.24. The first-order chi connectivity index (χ1) is 16.0. The van der Waals surface area contributed by atoms with E-state index in [9.17, 15) is 13.2 Å². The minimum atomic E-state index is -3.20. The molecule has 1 fully saturated rings. The smallest absolute Gasteiger partial charge is 0.244 e. The van der Waals surface area contributed by atoms with Crippen LogP contribution in [0.15, 0.2) is 84.9 Å². The van der Waals surface area contributed by atoms with Crippen LogP contribution in [0.2, 0.25) is 0 Å². The lowest BCUT2D eigenvalue weighted by atomic mass is 10.2. The molecule has 0 atom stereocenters. The van der Waals surface area contributed by atoms with Crippen molar-refractivity contribution in [2.24, 2.45) is 0 Å². The SMILES string of the molecule is O=C(/C=C/c1ccc(N2CCCS2(=O)=O)cc1)NCc1ccccc1OCc1ccccc1. The van der Waals surface area contributed by atoms with Crippen LogP contribution in [0.4, 0.5) is 5.69 Å². The second-order valence-electron chi connectivity index (χ2n) is 7.77. The Balaban J connectivity index is 1.31. The van der Waals surface area contributed by atoms with Gasteiger partial charge >= 0.3 is 0 Å². The molecule has 0 spiro atoms. The maximum atomic E-state index is 12.3. The molecule has 1 N–H and O–H groups in total. The largest absolute Gasteiger partial charge is 0.489 e. The summed E-state index contributed by atoms with van der Waals surface area (Å²) in [5.74, 6) is 0.701. The molecule has 1 saturated heterocycles. The van der Waals surface area contributed by atoms with E-state index >= 15 is 0 Å². The van der Waals surface area contributed by atoms with Gasteiger partial charge in [0, 0.05) is 24.7 Å². The summed E-state index contributed by atoms with van der Waals surface area (Å²) in [4.78, 5) is 12.3. The van der Waals surface area contributed by atoms with Gasteiger partial charge in [0.1, 0.15) is 12.4 Å². The third kappa shape index (κ3) is 6.02. The van der Waals surface area contributed by atoms with Crippen LogP contribution in [-0.2, 0) is 28.0 Å². The molecule has 6 nitrogen and oxygen atoms in total. The van der Waals surface area contributed by atoms with Gasteiger partial charge in [-0.15, -0.1) is 0 Å². The molecule has 1 heterocycles. The highest BCUT2D eigenvalue weighted by Crippen LogP contribution is 2.24. The molecular formula is C26H26N2O4S. The van der Waals surface area contributed by atoms with Gasteiger partial charge in [0.2, 0.25) is 15.9 Å². The minimum absolute atomic E-state index is 0.190. The first-order valence-corrected chi connectivity index (χ1v) is 12.4. The third-order valence-electron chi connectivity index (χ3n) is 5.37. The summed E-state index contributed by atoms with van der Waals surface area (Å²) in [6.45, 7) is 1.32. The monoisotopic (exact) mass is 462 g/mol. The van der Waals surface area contributed by atoms with Gasteiger partial charge in [-0.3, -0.25) is 9.10 Å². The quantitative estimate of drug-likeness (QED) is 0.511. The highest BCUT2D eigenvalue weighted by molar-refractivity contribution is 7.93. The average Bonchev–Trinajstić information content (AvgIpc) is 3.20. The number of hydrogen-bond acceptors (Lipinski definition) is 4. The zero-order valence-corrected chi connectivity index (χ0v) is 19.0. The molecule has 0 saturated carbocycles. The Morgan fingerprint density at radius 1 is 0.970 bits per heavy atom. The zero-order valence-electron chi connectivity index (χ0n) is 18.2. The Labute approximate surface area is 194 Å². The standard InChI is InChI=1S/C26H26N2O4S/c29-26(16-13-21-11-14-24(15-12-21)28-17-6-18-33(28,30)31)27-19-23-9-4-5-10-25(23)32-20-22-7-2-1-3-8-22/h1-5,7-16H,6,17-20H2,(H,27,29)/b16-13+. The zero-order chi connectivity index (χ0) is 23.1. The van der Waals surface area contributed by atoms with Crippen LogP contribution >= 0.6 is 0 Å². The van der Waals surface area contributed by atoms with E-state index in [1.165, 1.54) is 10.4 Å². The number of carbonyl (C=O) groups excluding carboxylic acids is 1. The number of sulfonamides is 1. The molecule has 0 radical (unpaired) electrons. The Morgan fingerprint density at radius 2 is 1.70 bits per heavy atom. The predicted octanol–water partition coefficient (Wildman–Crippen LogP) is 4.14. The molecule has 170 valence electrons. The molecule has 33 heavy (non-hydrogen) atoms. The lowest BCUT2D eigenvalue weighted by Gasteiger charge is -2.16. The van der Waals surface area contributed by atoms with Crippen molar-refractivity contribution in [3.8, 4) is 5.75 Å². The lowest BCUT2D eigenvalue weighted by Crippen LogP contribution is -2.24. The highest BCUT2D eigenvalue weighted by atomic mass is 32.2. The molecular weight excluding hydrogens is 436 g/mol. The van der Waals surface area contributed by atoms with E-state index in [0.29, 0.717) is 31.8 Å². The van der Waals surface area contributed by atoms with Gasteiger partial charge in [0.25, 0.3) is 0 Å². The van der Waals surface area contributed by atoms with E-state index in [4.69, 9.17) is 4.74 Å². The van der Waals surface area contributed by atoms with Crippen LogP contribution in [-0.4, -0.2) is 26.6 Å². The lowest BCUT2D eigenvalue weighted by molar-refractivity contribution is -0.116. The van der Waals surface area contributed by atoms with Crippen molar-refractivity contribution in [1.29, 1.82) is 0 Å². The number of benzene rings is 3. The van der Waals surface area contributed by atoms with E-state index in [-0.39, 0.29) is 11.7 Å². The van der Waals surface area contributed by atoms with E-state index in [1.54, 1.807) is 30.3 Å². The molecule has 3 aromatic rings. The fourth-order valence-corrected chi connectivity index (χ4v) is 5.18. The van der Waals surface area contributed by atoms with Crippen molar-refractivity contribution in [3.63, 3.8) is 0 Å². The Hall–Kier alpha value is -3.58. The van der Waals surface area contributed by atoms with Gasteiger partial charge in [0.05, 0.1) is 11.4 Å². The molecule has 4 rings (SSSR count). The summed E-state index contributed by atoms with van der Waals surface area (Å²) in [6.07, 6.45) is 3.81. The van der Waals surface area contributed by atoms with Gasteiger partial charge in [-0.05, 0) is 41.8 Å². The summed E-state index contributed by atoms with van der Waals surface area (Å²) in [6, 6.07) is 24.7. The Bertz CT molecular complexity index is 1220. The van der Waals surface area contributed by atoms with Gasteiger partial charge in [0.15, 0.2) is 0 Å². The number of amides is 1. The second kappa shape index (κ2) is 10.4. The molecule has 3 aromatic carbocycles. The van der Waals surface area contributed by atoms with Crippen LogP contribution in [0.1, 0.15) is 23.1 Å². The number of nitrogens with zero attached hydrogens (tertiary/aromatic N) is 1. The van der Waals surface area contributed by atoms with Crippen molar-refractivity contribution in [2.45, 2.75) is 19.6 Å². The molecule has 0 bridgehead atoms. The van der Waals surface area contributed by atoms with Gasteiger partial charge in [-0.25, -0.2) is 8.42 Å². The Kier molecular flexibility index (Phi) is 7.10. The van der Waals surface area contributed by atoms with Crippen LogP contribution in [0, 0.1) is 0 Å². The van der Waals surface area contributed by atoms with E-state index in [1.807, 2.05) is 54.6 Å². The fourth-order valence-electron chi connectivity index (χ4n) is 3.62. The maximum Gasteiger partial charge on any atom is 0.244 e. The first-order valence-electron chi connectivity index (χ1n) is 10.8. The fraction of sp³-hybridized carbons (Fsp3) is 0.192. The van der Waals surface area contributed by atoms with E-state index < -0.39 is 10.0 Å². The summed E-state index contributed by atoms with van der Waals surface area (Å²) in [5.41, 5.74) is 3.44. The molecule has 7 heteroatoms. The van der Waals surface area contributed by atoms with Crippen molar-refractivity contribution < 1.29 is 17.9 Å². The van der Waals surface area contributed by atoms with Crippen LogP contribution in [0.3, 0.4) is 0 Å². The van der Waals surface area contributed by atoms with Crippen LogP contribution in [0.5, 0.6) is 5.75 Å². The van der Waals surface area contributed by atoms with Crippen molar-refractivity contribution >= 4 is 27.7 Å². The van der Waals surface area contributed by atoms with Crippen molar-refractivity contribution in [2.75, 3.05) is 16.6 Å². The summed E-state index contributed by atoms with van der Waals surface area (Å²) < 4.78 is 31.4. The molecule has 1 aliphatic rings. The predicted molar refractivity (Wildman–Crippen MR) is 130 cm³/mol. The first kappa shape index (κ1) is 22.6. The van der Waals surface area contributed by atoms with E-state index in [0.717, 1.165) is 22.4 Å². The number of anilines is 1. The highest BCUT2D eigenvalue weighted by Gasteiger charge is 2.28. The van der Waals surface area contributed by atoms with Gasteiger partial charge < -0.3 is 10.1 Å². The van der Waals surface area contributed by atoms with Gasteiger partial charge in [-0.2, -0.15) is 0 Å². The minimum Gasteiger partial charge on any atom is -0.489 e. The molecule has 1 amide bonds. The number of para-hydroxylation sites is 1. The van der Waals surface area contributed by atoms with Crippen molar-refractivity contribution in [1.82, 2.24) is 5.32 Å². The van der Waals surface area contributed by atoms with E-state index in [2.05, 4.69) is 5.32 Å². The second-order valence-corrected chi connectivity index (χ2v) is 9.78.